The maximum atomic E-state index is 12.3. The summed E-state index contributed by atoms with van der Waals surface area (Å²) >= 11 is 11.9. The van der Waals surface area contributed by atoms with Gasteiger partial charge in [0, 0.05) is 12.6 Å². The van der Waals surface area contributed by atoms with Crippen LogP contribution in [0.4, 0.5) is 0 Å². The number of nitrogens with one attached hydrogen (secondary N) is 1. The van der Waals surface area contributed by atoms with E-state index in [1.54, 1.807) is 6.07 Å². The van der Waals surface area contributed by atoms with Crippen LogP contribution in [0.2, 0.25) is 10.0 Å². The van der Waals surface area contributed by atoms with E-state index in [9.17, 15) is 8.42 Å². The number of nitrogens with zero attached hydrogens (tertiary/aromatic N) is 1. The van der Waals surface area contributed by atoms with Crippen molar-refractivity contribution < 1.29 is 8.42 Å². The highest BCUT2D eigenvalue weighted by molar-refractivity contribution is 7.89. The molecule has 20 heavy (non-hydrogen) atoms. The van der Waals surface area contributed by atoms with Gasteiger partial charge in [0.05, 0.1) is 10.0 Å². The second-order valence-corrected chi connectivity index (χ2v) is 6.99. The Hall–Kier alpha value is -0.330. The second-order valence-electron chi connectivity index (χ2n) is 4.47. The summed E-state index contributed by atoms with van der Waals surface area (Å²) < 4.78 is 27.1. The first-order valence-electron chi connectivity index (χ1n) is 6.51. The normalized spacial score (nSPS) is 13.7. The van der Waals surface area contributed by atoms with Gasteiger partial charge < -0.3 is 0 Å². The van der Waals surface area contributed by atoms with Crippen molar-refractivity contribution in [2.45, 2.75) is 31.7 Å². The van der Waals surface area contributed by atoms with E-state index in [0.717, 1.165) is 13.1 Å². The van der Waals surface area contributed by atoms with Crippen molar-refractivity contribution in [3.05, 3.63) is 28.2 Å². The first-order valence-corrected chi connectivity index (χ1v) is 8.75. The van der Waals surface area contributed by atoms with Crippen LogP contribution in [0.3, 0.4) is 0 Å². The van der Waals surface area contributed by atoms with Crippen LogP contribution in [0.25, 0.3) is 0 Å². The predicted octanol–water partition coefficient (Wildman–Crippen LogP) is 3.00. The highest BCUT2D eigenvalue weighted by atomic mass is 35.5. The lowest BCUT2D eigenvalue weighted by molar-refractivity contribution is 0.232. The molecule has 1 rings (SSSR count). The summed E-state index contributed by atoms with van der Waals surface area (Å²) in [7, 11) is -3.71. The topological polar surface area (TPSA) is 49.4 Å². The monoisotopic (exact) mass is 338 g/mol. The molecule has 0 spiro atoms. The molecule has 1 atom stereocenters. The van der Waals surface area contributed by atoms with E-state index in [2.05, 4.69) is 9.62 Å². The van der Waals surface area contributed by atoms with Crippen LogP contribution >= 0.6 is 23.2 Å². The molecule has 0 radical (unpaired) electrons. The maximum absolute atomic E-state index is 12.3. The Kier molecular flexibility index (Phi) is 6.75. The van der Waals surface area contributed by atoms with Crippen LogP contribution < -0.4 is 4.72 Å². The highest BCUT2D eigenvalue weighted by Gasteiger charge is 2.22. The highest BCUT2D eigenvalue weighted by Crippen LogP contribution is 2.28. The number of hydrogen-bond donors (Lipinski definition) is 1. The molecule has 1 aromatic rings. The van der Waals surface area contributed by atoms with Crippen molar-refractivity contribution in [3.8, 4) is 0 Å². The van der Waals surface area contributed by atoms with E-state index in [1.807, 2.05) is 20.8 Å². The molecule has 0 amide bonds. The fraction of sp³-hybridized carbons (Fsp3) is 0.538. The van der Waals surface area contributed by atoms with Crippen molar-refractivity contribution in [3.63, 3.8) is 0 Å². The van der Waals surface area contributed by atoms with Crippen molar-refractivity contribution in [2.75, 3.05) is 19.6 Å². The minimum absolute atomic E-state index is 0.0601. The second kappa shape index (κ2) is 7.61. The van der Waals surface area contributed by atoms with E-state index < -0.39 is 10.0 Å². The van der Waals surface area contributed by atoms with Gasteiger partial charge in [0.1, 0.15) is 4.90 Å². The summed E-state index contributed by atoms with van der Waals surface area (Å²) in [5, 5.41) is 0.251. The summed E-state index contributed by atoms with van der Waals surface area (Å²) in [4.78, 5) is 2.10. The van der Waals surface area contributed by atoms with Gasteiger partial charge in [-0.15, -0.1) is 0 Å². The van der Waals surface area contributed by atoms with E-state index in [0.29, 0.717) is 6.54 Å². The SMILES string of the molecule is CCN(CC)C(C)CNS(=O)(=O)c1c(Cl)cccc1Cl. The van der Waals surface area contributed by atoms with Crippen molar-refractivity contribution >= 4 is 33.2 Å². The van der Waals surface area contributed by atoms with Gasteiger partial charge in [-0.3, -0.25) is 4.90 Å². The quantitative estimate of drug-likeness (QED) is 0.831. The predicted molar refractivity (Wildman–Crippen MR) is 84.0 cm³/mol. The zero-order chi connectivity index (χ0) is 15.3. The molecule has 0 aromatic heterocycles. The van der Waals surface area contributed by atoms with Gasteiger partial charge in [0.25, 0.3) is 0 Å². The van der Waals surface area contributed by atoms with Gasteiger partial charge in [-0.2, -0.15) is 0 Å². The van der Waals surface area contributed by atoms with Crippen LogP contribution in [0, 0.1) is 0 Å². The lowest BCUT2D eigenvalue weighted by atomic mass is 10.3. The van der Waals surface area contributed by atoms with E-state index in [-0.39, 0.29) is 21.0 Å². The number of likely N-dealkylation sites (N-methyl/N-ethyl adjacent to an activating group) is 1. The Labute approximate surface area is 131 Å². The third kappa shape index (κ3) is 4.33. The molecular weight excluding hydrogens is 319 g/mol. The molecule has 1 aromatic carbocycles. The minimum Gasteiger partial charge on any atom is -0.300 e. The van der Waals surface area contributed by atoms with Gasteiger partial charge in [0.2, 0.25) is 10.0 Å². The molecule has 0 saturated carbocycles. The average Bonchev–Trinajstić information content (AvgIpc) is 2.37. The molecule has 0 aliphatic carbocycles. The van der Waals surface area contributed by atoms with Crippen LogP contribution in [0.1, 0.15) is 20.8 Å². The zero-order valence-electron chi connectivity index (χ0n) is 11.9. The van der Waals surface area contributed by atoms with Crippen LogP contribution in [0.5, 0.6) is 0 Å². The van der Waals surface area contributed by atoms with Crippen LogP contribution in [0.15, 0.2) is 23.1 Å². The molecule has 0 bridgehead atoms. The summed E-state index contributed by atoms with van der Waals surface area (Å²) in [6.07, 6.45) is 0. The molecule has 0 fully saturated rings. The summed E-state index contributed by atoms with van der Waals surface area (Å²) in [5.41, 5.74) is 0. The number of sulfonamides is 1. The number of benzene rings is 1. The first-order chi connectivity index (χ1) is 9.33. The van der Waals surface area contributed by atoms with E-state index >= 15 is 0 Å². The molecule has 0 aliphatic rings. The van der Waals surface area contributed by atoms with Crippen LogP contribution in [-0.4, -0.2) is 39.0 Å². The smallest absolute Gasteiger partial charge is 0.243 e. The molecule has 7 heteroatoms. The summed E-state index contributed by atoms with van der Waals surface area (Å²) in [6.45, 7) is 8.10. The third-order valence-electron chi connectivity index (χ3n) is 3.19. The van der Waals surface area contributed by atoms with Crippen molar-refractivity contribution in [1.29, 1.82) is 0 Å². The molecule has 0 heterocycles. The Bertz CT molecular complexity index is 525. The molecule has 1 N–H and O–H groups in total. The van der Waals surface area contributed by atoms with E-state index in [4.69, 9.17) is 23.2 Å². The van der Waals surface area contributed by atoms with Crippen molar-refractivity contribution in [2.24, 2.45) is 0 Å². The van der Waals surface area contributed by atoms with Crippen molar-refractivity contribution in [1.82, 2.24) is 9.62 Å². The van der Waals surface area contributed by atoms with Gasteiger partial charge in [-0.1, -0.05) is 43.1 Å². The molecule has 1 unspecified atom stereocenters. The number of hydrogen-bond acceptors (Lipinski definition) is 3. The molecule has 4 nitrogen and oxygen atoms in total. The zero-order valence-corrected chi connectivity index (χ0v) is 14.2. The van der Waals surface area contributed by atoms with Gasteiger partial charge >= 0.3 is 0 Å². The Morgan fingerprint density at radius 1 is 1.20 bits per heavy atom. The number of rotatable bonds is 7. The van der Waals surface area contributed by atoms with Gasteiger partial charge in [-0.25, -0.2) is 13.1 Å². The Morgan fingerprint density at radius 3 is 2.15 bits per heavy atom. The molecular formula is C13H20Cl2N2O2S. The first kappa shape index (κ1) is 17.7. The average molecular weight is 339 g/mol. The lowest BCUT2D eigenvalue weighted by Gasteiger charge is -2.26. The lowest BCUT2D eigenvalue weighted by Crippen LogP contribution is -2.42. The standard InChI is InChI=1S/C13H20Cl2N2O2S/c1-4-17(5-2)10(3)9-16-20(18,19)13-11(14)7-6-8-12(13)15/h6-8,10,16H,4-5,9H2,1-3H3. The van der Waals surface area contributed by atoms with Gasteiger partial charge in [-0.05, 0) is 32.1 Å². The third-order valence-corrected chi connectivity index (χ3v) is 5.57. The van der Waals surface area contributed by atoms with Gasteiger partial charge in [0.15, 0.2) is 0 Å². The molecule has 0 aliphatic heterocycles. The largest absolute Gasteiger partial charge is 0.300 e. The summed E-state index contributed by atoms with van der Waals surface area (Å²) in [6, 6.07) is 4.73. The van der Waals surface area contributed by atoms with E-state index in [1.165, 1.54) is 12.1 Å². The van der Waals surface area contributed by atoms with Crippen LogP contribution in [-0.2, 0) is 10.0 Å². The molecule has 0 saturated heterocycles. The Balaban J connectivity index is 2.86. The molecule has 114 valence electrons. The summed E-state index contributed by atoms with van der Waals surface area (Å²) in [5.74, 6) is 0. The number of halogens is 2. The fourth-order valence-corrected chi connectivity index (χ4v) is 4.28. The fourth-order valence-electron chi connectivity index (χ4n) is 2.02. The maximum Gasteiger partial charge on any atom is 0.243 e. The minimum atomic E-state index is -3.71. The Morgan fingerprint density at radius 2 is 1.70 bits per heavy atom.